The number of carboxylic acids is 1. The van der Waals surface area contributed by atoms with E-state index in [0.29, 0.717) is 6.42 Å². The van der Waals surface area contributed by atoms with E-state index in [4.69, 9.17) is 9.84 Å². The topological polar surface area (TPSA) is 49.8 Å². The van der Waals surface area contributed by atoms with Gasteiger partial charge in [-0.3, -0.25) is 0 Å². The number of piperidine rings is 1. The van der Waals surface area contributed by atoms with Crippen LogP contribution in [0.4, 0.5) is 0 Å². The zero-order valence-electron chi connectivity index (χ0n) is 9.02. The van der Waals surface area contributed by atoms with E-state index in [1.807, 2.05) is 0 Å². The molecule has 0 aliphatic carbocycles. The molecule has 2 fully saturated rings. The lowest BCUT2D eigenvalue weighted by Gasteiger charge is -2.28. The van der Waals surface area contributed by atoms with Crippen LogP contribution in [0.25, 0.3) is 0 Å². The maximum Gasteiger partial charge on any atom is 0.332 e. The third-order valence-electron chi connectivity index (χ3n) is 3.29. The van der Waals surface area contributed by atoms with Gasteiger partial charge >= 0.3 is 5.97 Å². The van der Waals surface area contributed by atoms with Crippen molar-refractivity contribution in [3.63, 3.8) is 0 Å². The molecule has 2 rings (SSSR count). The summed E-state index contributed by atoms with van der Waals surface area (Å²) < 4.78 is 5.48. The maximum absolute atomic E-state index is 10.7. The zero-order chi connectivity index (χ0) is 10.7. The molecule has 0 spiro atoms. The van der Waals surface area contributed by atoms with Crippen LogP contribution in [0.2, 0.25) is 0 Å². The highest BCUT2D eigenvalue weighted by atomic mass is 16.5. The second-order valence-corrected chi connectivity index (χ2v) is 4.52. The summed E-state index contributed by atoms with van der Waals surface area (Å²) in [5.74, 6) is -0.809. The summed E-state index contributed by atoms with van der Waals surface area (Å²) in [5.41, 5.74) is 0. The Morgan fingerprint density at radius 3 is 2.60 bits per heavy atom. The molecule has 0 unspecified atom stereocenters. The van der Waals surface area contributed by atoms with Crippen molar-refractivity contribution in [3.8, 4) is 0 Å². The summed E-state index contributed by atoms with van der Waals surface area (Å²) >= 11 is 0. The van der Waals surface area contributed by atoms with Crippen LogP contribution < -0.4 is 0 Å². The number of nitrogens with zero attached hydrogens (tertiary/aromatic N) is 1. The summed E-state index contributed by atoms with van der Waals surface area (Å²) in [6.45, 7) is 3.22. The van der Waals surface area contributed by atoms with Crippen LogP contribution in [-0.4, -0.2) is 47.8 Å². The molecule has 0 aromatic carbocycles. The first-order valence-corrected chi connectivity index (χ1v) is 5.86. The number of likely N-dealkylation sites (tertiary alicyclic amines) is 1. The summed E-state index contributed by atoms with van der Waals surface area (Å²) in [6.07, 6.45) is 5.04. The van der Waals surface area contributed by atoms with Crippen molar-refractivity contribution in [2.24, 2.45) is 0 Å². The van der Waals surface area contributed by atoms with Crippen molar-refractivity contribution in [1.29, 1.82) is 0 Å². The average molecular weight is 213 g/mol. The maximum atomic E-state index is 10.7. The van der Waals surface area contributed by atoms with E-state index in [0.717, 1.165) is 26.1 Å². The van der Waals surface area contributed by atoms with Gasteiger partial charge in [-0.05, 0) is 38.8 Å². The van der Waals surface area contributed by atoms with Gasteiger partial charge in [0.25, 0.3) is 0 Å². The highest BCUT2D eigenvalue weighted by Crippen LogP contribution is 2.21. The fourth-order valence-electron chi connectivity index (χ4n) is 2.45. The Morgan fingerprint density at radius 2 is 2.00 bits per heavy atom. The summed E-state index contributed by atoms with van der Waals surface area (Å²) in [7, 11) is 0. The van der Waals surface area contributed by atoms with Gasteiger partial charge in [0.2, 0.25) is 0 Å². The smallest absolute Gasteiger partial charge is 0.332 e. The van der Waals surface area contributed by atoms with E-state index in [-0.39, 0.29) is 6.10 Å². The predicted octanol–water partition coefficient (Wildman–Crippen LogP) is 1.10. The normalized spacial score (nSPS) is 33.1. The van der Waals surface area contributed by atoms with Gasteiger partial charge < -0.3 is 14.7 Å². The number of hydrogen-bond acceptors (Lipinski definition) is 3. The van der Waals surface area contributed by atoms with Gasteiger partial charge in [-0.1, -0.05) is 6.42 Å². The van der Waals surface area contributed by atoms with Crippen LogP contribution in [0.5, 0.6) is 0 Å². The third-order valence-corrected chi connectivity index (χ3v) is 3.29. The second-order valence-electron chi connectivity index (χ2n) is 4.52. The van der Waals surface area contributed by atoms with E-state index in [2.05, 4.69) is 4.90 Å². The van der Waals surface area contributed by atoms with Crippen molar-refractivity contribution in [2.45, 2.75) is 44.3 Å². The molecule has 86 valence electrons. The van der Waals surface area contributed by atoms with Crippen LogP contribution in [0.1, 0.15) is 32.1 Å². The van der Waals surface area contributed by atoms with Gasteiger partial charge in [0.15, 0.2) is 6.10 Å². The minimum Gasteiger partial charge on any atom is -0.479 e. The quantitative estimate of drug-likeness (QED) is 0.763. The number of aliphatic carboxylic acids is 1. The van der Waals surface area contributed by atoms with E-state index in [1.54, 1.807) is 0 Å². The van der Waals surface area contributed by atoms with Crippen molar-refractivity contribution < 1.29 is 14.6 Å². The van der Waals surface area contributed by atoms with E-state index in [1.165, 1.54) is 19.3 Å². The molecule has 0 aromatic rings. The molecule has 2 aliphatic rings. The SMILES string of the molecule is O=C(O)[C@@H]1CC[C@H](CN2CCCCC2)O1. The molecule has 2 saturated heterocycles. The Labute approximate surface area is 90.2 Å². The highest BCUT2D eigenvalue weighted by molar-refractivity contribution is 5.72. The number of rotatable bonds is 3. The second kappa shape index (κ2) is 4.94. The summed E-state index contributed by atoms with van der Waals surface area (Å²) in [4.78, 5) is 13.1. The van der Waals surface area contributed by atoms with Gasteiger partial charge in [-0.2, -0.15) is 0 Å². The van der Waals surface area contributed by atoms with Crippen molar-refractivity contribution in [1.82, 2.24) is 4.90 Å². The van der Waals surface area contributed by atoms with Gasteiger partial charge in [-0.25, -0.2) is 4.79 Å². The molecule has 4 nitrogen and oxygen atoms in total. The molecular weight excluding hydrogens is 194 g/mol. The minimum atomic E-state index is -0.809. The van der Waals surface area contributed by atoms with Crippen LogP contribution in [0.3, 0.4) is 0 Å². The monoisotopic (exact) mass is 213 g/mol. The lowest BCUT2D eigenvalue weighted by molar-refractivity contribution is -0.149. The van der Waals surface area contributed by atoms with Crippen LogP contribution >= 0.6 is 0 Å². The van der Waals surface area contributed by atoms with Crippen LogP contribution in [0.15, 0.2) is 0 Å². The Kier molecular flexibility index (Phi) is 3.59. The molecule has 1 N–H and O–H groups in total. The average Bonchev–Trinajstić information content (AvgIpc) is 2.68. The number of ether oxygens (including phenoxy) is 1. The van der Waals surface area contributed by atoms with Crippen LogP contribution in [0, 0.1) is 0 Å². The standard InChI is InChI=1S/C11H19NO3/c13-11(14)10-5-4-9(15-10)8-12-6-2-1-3-7-12/h9-10H,1-8H2,(H,13,14)/t9-,10+/m1/s1. The van der Waals surface area contributed by atoms with Gasteiger partial charge in [-0.15, -0.1) is 0 Å². The number of hydrogen-bond donors (Lipinski definition) is 1. The molecule has 2 heterocycles. The first kappa shape index (κ1) is 10.9. The summed E-state index contributed by atoms with van der Waals surface area (Å²) in [5, 5.41) is 8.80. The Balaban J connectivity index is 1.74. The zero-order valence-corrected chi connectivity index (χ0v) is 9.02. The lowest BCUT2D eigenvalue weighted by Crippen LogP contribution is -2.36. The predicted molar refractivity (Wildman–Crippen MR) is 55.8 cm³/mol. The molecule has 0 amide bonds. The minimum absolute atomic E-state index is 0.143. The Hall–Kier alpha value is -0.610. The molecule has 0 saturated carbocycles. The molecular formula is C11H19NO3. The lowest BCUT2D eigenvalue weighted by atomic mass is 10.1. The van der Waals surface area contributed by atoms with Gasteiger partial charge in [0, 0.05) is 6.54 Å². The van der Waals surface area contributed by atoms with E-state index < -0.39 is 12.1 Å². The first-order chi connectivity index (χ1) is 7.25. The molecule has 0 bridgehead atoms. The van der Waals surface area contributed by atoms with Crippen molar-refractivity contribution in [3.05, 3.63) is 0 Å². The van der Waals surface area contributed by atoms with Gasteiger partial charge in [0.05, 0.1) is 6.10 Å². The van der Waals surface area contributed by atoms with Crippen molar-refractivity contribution >= 4 is 5.97 Å². The molecule has 2 atom stereocenters. The van der Waals surface area contributed by atoms with E-state index >= 15 is 0 Å². The molecule has 0 radical (unpaired) electrons. The highest BCUT2D eigenvalue weighted by Gasteiger charge is 2.31. The first-order valence-electron chi connectivity index (χ1n) is 5.86. The van der Waals surface area contributed by atoms with Crippen LogP contribution in [-0.2, 0) is 9.53 Å². The Morgan fingerprint density at radius 1 is 1.27 bits per heavy atom. The largest absolute Gasteiger partial charge is 0.479 e. The fraction of sp³-hybridized carbons (Fsp3) is 0.909. The number of carbonyl (C=O) groups is 1. The molecule has 0 aromatic heterocycles. The number of carboxylic acid groups (broad SMARTS) is 1. The molecule has 15 heavy (non-hydrogen) atoms. The van der Waals surface area contributed by atoms with E-state index in [9.17, 15) is 4.79 Å². The summed E-state index contributed by atoms with van der Waals surface area (Å²) in [6, 6.07) is 0. The van der Waals surface area contributed by atoms with Crippen molar-refractivity contribution in [2.75, 3.05) is 19.6 Å². The Bertz CT molecular complexity index is 226. The third kappa shape index (κ3) is 2.92. The molecule has 4 heteroatoms. The fourth-order valence-corrected chi connectivity index (χ4v) is 2.45. The van der Waals surface area contributed by atoms with Gasteiger partial charge in [0.1, 0.15) is 0 Å². The molecule has 2 aliphatic heterocycles.